The summed E-state index contributed by atoms with van der Waals surface area (Å²) >= 11 is 0. The molecule has 5 nitrogen and oxygen atoms in total. The van der Waals surface area contributed by atoms with E-state index in [-0.39, 0.29) is 36.2 Å². The molecule has 0 rings (SSSR count). The maximum absolute atomic E-state index is 11.7. The second kappa shape index (κ2) is 6.59. The van der Waals surface area contributed by atoms with Crippen LogP contribution in [0.25, 0.3) is 0 Å². The number of aliphatic carboxylic acids is 1. The molecule has 0 aliphatic heterocycles. The molecule has 0 aromatic rings. The lowest BCUT2D eigenvalue weighted by Crippen LogP contribution is -2.43. The number of rotatable bonds is 6. The lowest BCUT2D eigenvalue weighted by atomic mass is 9.87. The highest BCUT2D eigenvalue weighted by atomic mass is 16.4. The lowest BCUT2D eigenvalue weighted by molar-refractivity contribution is -0.138. The van der Waals surface area contributed by atoms with Crippen LogP contribution in [-0.2, 0) is 9.59 Å². The van der Waals surface area contributed by atoms with E-state index >= 15 is 0 Å². The van der Waals surface area contributed by atoms with Crippen molar-refractivity contribution < 1.29 is 14.7 Å². The summed E-state index contributed by atoms with van der Waals surface area (Å²) in [6.45, 7) is 8.03. The summed E-state index contributed by atoms with van der Waals surface area (Å²) < 4.78 is 0. The topological polar surface area (TPSA) is 92.4 Å². The van der Waals surface area contributed by atoms with E-state index in [2.05, 4.69) is 5.32 Å². The summed E-state index contributed by atoms with van der Waals surface area (Å²) in [5.74, 6) is -1.37. The van der Waals surface area contributed by atoms with Gasteiger partial charge in [-0.3, -0.25) is 9.59 Å². The molecule has 4 N–H and O–H groups in total. The quantitative estimate of drug-likeness (QED) is 0.649. The Bertz CT molecular complexity index is 271. The third-order valence-electron chi connectivity index (χ3n) is 2.43. The molecule has 0 fully saturated rings. The first-order chi connectivity index (χ1) is 7.65. The van der Waals surface area contributed by atoms with Crippen LogP contribution in [0.2, 0.25) is 0 Å². The lowest BCUT2D eigenvalue weighted by Gasteiger charge is -2.26. The van der Waals surface area contributed by atoms with Crippen LogP contribution in [0.1, 0.15) is 40.5 Å². The molecule has 2 unspecified atom stereocenters. The molecular formula is C12H24N2O3. The van der Waals surface area contributed by atoms with Crippen molar-refractivity contribution in [3.8, 4) is 0 Å². The van der Waals surface area contributed by atoms with Crippen LogP contribution >= 0.6 is 0 Å². The Morgan fingerprint density at radius 2 is 1.88 bits per heavy atom. The van der Waals surface area contributed by atoms with Gasteiger partial charge in [0.15, 0.2) is 0 Å². The van der Waals surface area contributed by atoms with Crippen LogP contribution in [0.4, 0.5) is 0 Å². The maximum Gasteiger partial charge on any atom is 0.305 e. The van der Waals surface area contributed by atoms with Gasteiger partial charge in [-0.05, 0) is 11.8 Å². The summed E-state index contributed by atoms with van der Waals surface area (Å²) in [4.78, 5) is 22.4. The number of carboxylic acid groups (broad SMARTS) is 1. The van der Waals surface area contributed by atoms with Crippen molar-refractivity contribution in [1.29, 1.82) is 0 Å². The predicted octanol–water partition coefficient (Wildman–Crippen LogP) is 0.977. The second-order valence-corrected chi connectivity index (χ2v) is 5.70. The third kappa shape index (κ3) is 7.74. The summed E-state index contributed by atoms with van der Waals surface area (Å²) in [6, 6.07) is -0.339. The van der Waals surface area contributed by atoms with Crippen LogP contribution in [0.5, 0.6) is 0 Å². The Morgan fingerprint density at radius 3 is 2.24 bits per heavy atom. The molecule has 0 saturated heterocycles. The van der Waals surface area contributed by atoms with Crippen molar-refractivity contribution in [2.24, 2.45) is 17.1 Å². The zero-order valence-corrected chi connectivity index (χ0v) is 11.1. The summed E-state index contributed by atoms with van der Waals surface area (Å²) in [7, 11) is 0. The smallest absolute Gasteiger partial charge is 0.305 e. The molecule has 5 heteroatoms. The zero-order chi connectivity index (χ0) is 13.6. The van der Waals surface area contributed by atoms with E-state index in [0.29, 0.717) is 6.42 Å². The summed E-state index contributed by atoms with van der Waals surface area (Å²) in [5, 5.41) is 11.6. The van der Waals surface area contributed by atoms with Crippen molar-refractivity contribution in [1.82, 2.24) is 5.32 Å². The fraction of sp³-hybridized carbons (Fsp3) is 0.833. The monoisotopic (exact) mass is 244 g/mol. The summed E-state index contributed by atoms with van der Waals surface area (Å²) in [5.41, 5.74) is 5.37. The molecule has 0 bridgehead atoms. The Hall–Kier alpha value is -1.10. The Kier molecular flexibility index (Phi) is 6.16. The first-order valence-electron chi connectivity index (χ1n) is 5.88. The molecule has 1 amide bonds. The number of carbonyl (C=O) groups excluding carboxylic acids is 1. The molecule has 0 aromatic heterocycles. The van der Waals surface area contributed by atoms with E-state index in [9.17, 15) is 9.59 Å². The molecular weight excluding hydrogens is 220 g/mol. The number of amides is 1. The molecule has 0 spiro atoms. The zero-order valence-electron chi connectivity index (χ0n) is 11.1. The van der Waals surface area contributed by atoms with Crippen LogP contribution in [-0.4, -0.2) is 29.6 Å². The van der Waals surface area contributed by atoms with Crippen molar-refractivity contribution in [2.45, 2.75) is 46.6 Å². The fourth-order valence-electron chi connectivity index (χ4n) is 1.57. The molecule has 2 atom stereocenters. The van der Waals surface area contributed by atoms with Gasteiger partial charge in [-0.25, -0.2) is 0 Å². The predicted molar refractivity (Wildman–Crippen MR) is 66.5 cm³/mol. The summed E-state index contributed by atoms with van der Waals surface area (Å²) in [6.07, 6.45) is 0.572. The van der Waals surface area contributed by atoms with Crippen LogP contribution in [0.3, 0.4) is 0 Å². The van der Waals surface area contributed by atoms with Gasteiger partial charge >= 0.3 is 5.97 Å². The van der Waals surface area contributed by atoms with Gasteiger partial charge in [-0.1, -0.05) is 27.7 Å². The normalized spacial score (nSPS) is 15.1. The van der Waals surface area contributed by atoms with Crippen LogP contribution < -0.4 is 11.1 Å². The highest BCUT2D eigenvalue weighted by molar-refractivity contribution is 5.79. The first-order valence-corrected chi connectivity index (χ1v) is 5.88. The van der Waals surface area contributed by atoms with E-state index in [1.165, 1.54) is 0 Å². The maximum atomic E-state index is 11.7. The number of carboxylic acids is 1. The number of hydrogen-bond acceptors (Lipinski definition) is 3. The van der Waals surface area contributed by atoms with Crippen molar-refractivity contribution in [3.63, 3.8) is 0 Å². The van der Waals surface area contributed by atoms with E-state index in [1.54, 1.807) is 6.92 Å². The molecule has 0 aliphatic carbocycles. The Balaban J connectivity index is 4.48. The van der Waals surface area contributed by atoms with Crippen LogP contribution in [0.15, 0.2) is 0 Å². The number of carbonyl (C=O) groups is 2. The minimum absolute atomic E-state index is 0.0284. The van der Waals surface area contributed by atoms with Gasteiger partial charge < -0.3 is 16.2 Å². The van der Waals surface area contributed by atoms with Gasteiger partial charge in [0.25, 0.3) is 0 Å². The van der Waals surface area contributed by atoms with Gasteiger partial charge in [-0.15, -0.1) is 0 Å². The standard InChI is InChI=1S/C12H24N2O3/c1-8(7-13)11(17)14-9(5-10(15)16)6-12(2,3)4/h8-9H,5-7,13H2,1-4H3,(H,14,17)(H,15,16). The first kappa shape index (κ1) is 15.9. The second-order valence-electron chi connectivity index (χ2n) is 5.70. The Morgan fingerprint density at radius 1 is 1.35 bits per heavy atom. The molecule has 0 saturated carbocycles. The van der Waals surface area contributed by atoms with Gasteiger partial charge in [0.2, 0.25) is 5.91 Å². The molecule has 0 radical (unpaired) electrons. The fourth-order valence-corrected chi connectivity index (χ4v) is 1.57. The molecule has 0 heterocycles. The van der Waals surface area contributed by atoms with Crippen molar-refractivity contribution in [2.75, 3.05) is 6.54 Å². The third-order valence-corrected chi connectivity index (χ3v) is 2.43. The number of nitrogens with two attached hydrogens (primary N) is 1. The molecule has 0 aliphatic rings. The van der Waals surface area contributed by atoms with Crippen molar-refractivity contribution in [3.05, 3.63) is 0 Å². The molecule has 0 aromatic carbocycles. The van der Waals surface area contributed by atoms with Crippen molar-refractivity contribution >= 4 is 11.9 Å². The minimum atomic E-state index is -0.903. The highest BCUT2D eigenvalue weighted by Crippen LogP contribution is 2.22. The van der Waals surface area contributed by atoms with Gasteiger partial charge in [-0.2, -0.15) is 0 Å². The minimum Gasteiger partial charge on any atom is -0.481 e. The average Bonchev–Trinajstić information content (AvgIpc) is 2.12. The SMILES string of the molecule is CC(CN)C(=O)NC(CC(=O)O)CC(C)(C)C. The largest absolute Gasteiger partial charge is 0.481 e. The number of nitrogens with one attached hydrogen (secondary N) is 1. The van der Waals surface area contributed by atoms with E-state index in [1.807, 2.05) is 20.8 Å². The van der Waals surface area contributed by atoms with Gasteiger partial charge in [0, 0.05) is 18.5 Å². The average molecular weight is 244 g/mol. The van der Waals surface area contributed by atoms with Gasteiger partial charge in [0.1, 0.15) is 0 Å². The Labute approximate surface area is 103 Å². The van der Waals surface area contributed by atoms with E-state index in [4.69, 9.17) is 10.8 Å². The van der Waals surface area contributed by atoms with Gasteiger partial charge in [0.05, 0.1) is 6.42 Å². The molecule has 17 heavy (non-hydrogen) atoms. The van der Waals surface area contributed by atoms with E-state index < -0.39 is 5.97 Å². The van der Waals surface area contributed by atoms with E-state index in [0.717, 1.165) is 0 Å². The molecule has 100 valence electrons. The highest BCUT2D eigenvalue weighted by Gasteiger charge is 2.24. The number of hydrogen-bond donors (Lipinski definition) is 3. The van der Waals surface area contributed by atoms with Crippen LogP contribution in [0, 0.1) is 11.3 Å².